The van der Waals surface area contributed by atoms with Gasteiger partial charge >= 0.3 is 0 Å². The second-order valence-electron chi connectivity index (χ2n) is 16.0. The summed E-state index contributed by atoms with van der Waals surface area (Å²) in [5.41, 5.74) is 13.0. The van der Waals surface area contributed by atoms with Crippen LogP contribution in [0.3, 0.4) is 0 Å². The Bertz CT molecular complexity index is 3390. The van der Waals surface area contributed by atoms with Crippen molar-refractivity contribution in [3.05, 3.63) is 193 Å². The fourth-order valence-corrected chi connectivity index (χ4v) is 11.0. The maximum absolute atomic E-state index is 2.49. The first-order valence-corrected chi connectivity index (χ1v) is 20.4. The van der Waals surface area contributed by atoms with Crippen LogP contribution in [-0.2, 0) is 5.41 Å². The van der Waals surface area contributed by atoms with Crippen molar-refractivity contribution < 1.29 is 0 Å². The first-order chi connectivity index (χ1) is 27.5. The summed E-state index contributed by atoms with van der Waals surface area (Å²) in [7, 11) is 0. The summed E-state index contributed by atoms with van der Waals surface area (Å²) in [5, 5.41) is 13.0. The third-order valence-corrected chi connectivity index (χ3v) is 13.8. The molecule has 0 amide bonds. The van der Waals surface area contributed by atoms with Crippen LogP contribution in [0.25, 0.3) is 108 Å². The van der Waals surface area contributed by atoms with Crippen LogP contribution in [0.1, 0.15) is 25.0 Å². The van der Waals surface area contributed by atoms with E-state index in [-0.39, 0.29) is 5.41 Å². The van der Waals surface area contributed by atoms with Gasteiger partial charge in [0.25, 0.3) is 0 Å². The molecule has 12 rings (SSSR count). The Morgan fingerprint density at radius 3 is 1.52 bits per heavy atom. The van der Waals surface area contributed by atoms with Crippen molar-refractivity contribution in [1.29, 1.82) is 0 Å². The Balaban J connectivity index is 1.00. The molecule has 11 aromatic rings. The summed E-state index contributed by atoms with van der Waals surface area (Å²) < 4.78 is 2.69. The Labute approximate surface area is 329 Å². The van der Waals surface area contributed by atoms with Gasteiger partial charge in [0.2, 0.25) is 0 Å². The van der Waals surface area contributed by atoms with Crippen LogP contribution in [-0.4, -0.2) is 0 Å². The van der Waals surface area contributed by atoms with Crippen LogP contribution in [0.2, 0.25) is 0 Å². The van der Waals surface area contributed by atoms with Gasteiger partial charge in [-0.3, -0.25) is 0 Å². The van der Waals surface area contributed by atoms with E-state index < -0.39 is 0 Å². The third-order valence-electron chi connectivity index (χ3n) is 12.6. The Kier molecular flexibility index (Phi) is 6.66. The molecule has 1 heterocycles. The molecule has 0 saturated heterocycles. The predicted molar refractivity (Wildman–Crippen MR) is 243 cm³/mol. The molecule has 0 fully saturated rings. The molecule has 1 aliphatic carbocycles. The van der Waals surface area contributed by atoms with E-state index in [1.807, 2.05) is 11.3 Å². The molecule has 0 saturated carbocycles. The molecule has 0 radical (unpaired) electrons. The van der Waals surface area contributed by atoms with Gasteiger partial charge in [-0.15, -0.1) is 11.3 Å². The summed E-state index contributed by atoms with van der Waals surface area (Å²) in [6.45, 7) is 4.82. The summed E-state index contributed by atoms with van der Waals surface area (Å²) in [4.78, 5) is 0. The van der Waals surface area contributed by atoms with Crippen molar-refractivity contribution in [3.63, 3.8) is 0 Å². The van der Waals surface area contributed by atoms with E-state index in [1.54, 1.807) is 0 Å². The molecule has 0 unspecified atom stereocenters. The van der Waals surface area contributed by atoms with E-state index in [1.165, 1.54) is 119 Å². The molecule has 262 valence electrons. The molecule has 0 aliphatic heterocycles. The maximum Gasteiger partial charge on any atom is 0.0361 e. The van der Waals surface area contributed by atoms with Crippen LogP contribution in [0, 0.1) is 0 Å². The van der Waals surface area contributed by atoms with Crippen molar-refractivity contribution >= 4 is 74.6 Å². The first-order valence-electron chi connectivity index (χ1n) is 19.6. The molecule has 0 nitrogen and oxygen atoms in total. The topological polar surface area (TPSA) is 0 Å². The van der Waals surface area contributed by atoms with E-state index in [0.717, 1.165) is 0 Å². The van der Waals surface area contributed by atoms with E-state index in [4.69, 9.17) is 0 Å². The molecule has 10 aromatic carbocycles. The van der Waals surface area contributed by atoms with Crippen LogP contribution in [0.5, 0.6) is 0 Å². The normalized spacial score (nSPS) is 13.3. The molecule has 0 N–H and O–H groups in total. The van der Waals surface area contributed by atoms with Crippen LogP contribution >= 0.6 is 11.3 Å². The van der Waals surface area contributed by atoms with Gasteiger partial charge in [-0.25, -0.2) is 0 Å². The predicted octanol–water partition coefficient (Wildman–Crippen LogP) is 16.0. The van der Waals surface area contributed by atoms with Gasteiger partial charge in [0, 0.05) is 25.6 Å². The minimum Gasteiger partial charge on any atom is -0.135 e. The number of thiophene rings is 1. The molecular weight excluding hydrogens is 693 g/mol. The lowest BCUT2D eigenvalue weighted by Crippen LogP contribution is -2.15. The highest BCUT2D eigenvalue weighted by molar-refractivity contribution is 7.25. The second-order valence-corrected chi connectivity index (χ2v) is 17.1. The minimum atomic E-state index is -0.163. The average Bonchev–Trinajstić information content (AvgIpc) is 3.71. The Morgan fingerprint density at radius 2 is 0.821 bits per heavy atom. The first kappa shape index (κ1) is 31.8. The van der Waals surface area contributed by atoms with Gasteiger partial charge in [0.1, 0.15) is 0 Å². The van der Waals surface area contributed by atoms with Gasteiger partial charge in [0.15, 0.2) is 0 Å². The largest absolute Gasteiger partial charge is 0.135 e. The number of benzene rings is 10. The van der Waals surface area contributed by atoms with Gasteiger partial charge < -0.3 is 0 Å². The standard InChI is InChI=1S/C55H36S/c1-55(2)49-30-37(36-24-27-51-47(29-36)48-28-34-13-3-4-14-35(34)32-52(48)56-51)22-25-40(49)41-26-23-38(31-50(41)55)53-43-17-7-9-19-45(43)54(46-20-10-8-18-44(46)53)42-21-11-15-33-12-5-6-16-39(33)42/h3-32H,1-2H3. The molecule has 1 aliphatic rings. The Hall–Kier alpha value is -6.54. The molecule has 0 bridgehead atoms. The van der Waals surface area contributed by atoms with Crippen molar-refractivity contribution in [3.8, 4) is 44.5 Å². The summed E-state index contributed by atoms with van der Waals surface area (Å²) in [5.74, 6) is 0. The number of hydrogen-bond acceptors (Lipinski definition) is 1. The monoisotopic (exact) mass is 728 g/mol. The van der Waals surface area contributed by atoms with Crippen LogP contribution in [0.15, 0.2) is 182 Å². The zero-order chi connectivity index (χ0) is 37.1. The van der Waals surface area contributed by atoms with Crippen molar-refractivity contribution in [1.82, 2.24) is 0 Å². The lowest BCUT2D eigenvalue weighted by molar-refractivity contribution is 0.661. The summed E-state index contributed by atoms with van der Waals surface area (Å²) in [6.07, 6.45) is 0. The highest BCUT2D eigenvalue weighted by atomic mass is 32.1. The molecule has 1 aromatic heterocycles. The van der Waals surface area contributed by atoms with Gasteiger partial charge in [0.05, 0.1) is 0 Å². The van der Waals surface area contributed by atoms with Gasteiger partial charge in [-0.2, -0.15) is 0 Å². The highest BCUT2D eigenvalue weighted by Gasteiger charge is 2.36. The average molecular weight is 729 g/mol. The molecule has 56 heavy (non-hydrogen) atoms. The molecule has 0 atom stereocenters. The quantitative estimate of drug-likeness (QED) is 0.159. The minimum absolute atomic E-state index is 0.163. The number of hydrogen-bond donors (Lipinski definition) is 0. The Morgan fingerprint density at radius 1 is 0.321 bits per heavy atom. The van der Waals surface area contributed by atoms with Crippen molar-refractivity contribution in [2.45, 2.75) is 19.3 Å². The number of fused-ring (bicyclic) bond motifs is 10. The zero-order valence-electron chi connectivity index (χ0n) is 31.2. The summed E-state index contributed by atoms with van der Waals surface area (Å²) in [6, 6.07) is 68.4. The number of rotatable bonds is 3. The van der Waals surface area contributed by atoms with Crippen molar-refractivity contribution in [2.75, 3.05) is 0 Å². The molecular formula is C55H36S. The summed E-state index contributed by atoms with van der Waals surface area (Å²) >= 11 is 1.89. The van der Waals surface area contributed by atoms with E-state index in [0.29, 0.717) is 0 Å². The maximum atomic E-state index is 2.49. The van der Waals surface area contributed by atoms with E-state index >= 15 is 0 Å². The van der Waals surface area contributed by atoms with E-state index in [2.05, 4.69) is 196 Å². The smallest absolute Gasteiger partial charge is 0.0361 e. The fraction of sp³-hybridized carbons (Fsp3) is 0.0545. The molecule has 1 heteroatoms. The van der Waals surface area contributed by atoms with Crippen molar-refractivity contribution in [2.24, 2.45) is 0 Å². The van der Waals surface area contributed by atoms with Crippen LogP contribution in [0.4, 0.5) is 0 Å². The fourth-order valence-electron chi connectivity index (χ4n) is 9.89. The van der Waals surface area contributed by atoms with Crippen LogP contribution < -0.4 is 0 Å². The lowest BCUT2D eigenvalue weighted by Gasteiger charge is -2.23. The zero-order valence-corrected chi connectivity index (χ0v) is 32.0. The second kappa shape index (κ2) is 11.7. The van der Waals surface area contributed by atoms with Gasteiger partial charge in [-0.05, 0) is 135 Å². The highest BCUT2D eigenvalue weighted by Crippen LogP contribution is 2.52. The SMILES string of the molecule is CC1(C)c2cc(-c3ccc4sc5cc6ccccc6cc5c4c3)ccc2-c2ccc(-c3c4ccccc4c(-c4cccc5ccccc45)c4ccccc34)cc21. The van der Waals surface area contributed by atoms with E-state index in [9.17, 15) is 0 Å². The lowest BCUT2D eigenvalue weighted by atomic mass is 9.80. The molecule has 0 spiro atoms. The van der Waals surface area contributed by atoms with Gasteiger partial charge in [-0.1, -0.05) is 159 Å². The third kappa shape index (κ3) is 4.53.